The molecule has 2 rings (SSSR count). The molecule has 0 fully saturated rings. The zero-order chi connectivity index (χ0) is 18.4. The van der Waals surface area contributed by atoms with E-state index in [4.69, 9.17) is 0 Å². The first-order chi connectivity index (χ1) is 11.8. The van der Waals surface area contributed by atoms with Gasteiger partial charge < -0.3 is 0 Å². The number of aryl methyl sites for hydroxylation is 2. The SMILES string of the molecule is CCCCCCc1csc(-c2ccc(C)cc2S(=O)(=O)NC(C)=O)c1. The van der Waals surface area contributed by atoms with Crippen molar-refractivity contribution < 1.29 is 13.2 Å². The monoisotopic (exact) mass is 379 g/mol. The molecule has 1 heterocycles. The van der Waals surface area contributed by atoms with Gasteiger partial charge in [0.1, 0.15) is 0 Å². The molecule has 1 aromatic carbocycles. The normalized spacial score (nSPS) is 11.5. The van der Waals surface area contributed by atoms with Crippen molar-refractivity contribution in [2.24, 2.45) is 0 Å². The zero-order valence-corrected chi connectivity index (χ0v) is 16.6. The van der Waals surface area contributed by atoms with Crippen LogP contribution >= 0.6 is 11.3 Å². The molecule has 0 saturated heterocycles. The van der Waals surface area contributed by atoms with Crippen LogP contribution in [0, 0.1) is 6.92 Å². The van der Waals surface area contributed by atoms with Gasteiger partial charge in [-0.15, -0.1) is 11.3 Å². The van der Waals surface area contributed by atoms with Crippen molar-refractivity contribution in [2.45, 2.75) is 57.8 Å². The lowest BCUT2D eigenvalue weighted by Gasteiger charge is -2.10. The third-order valence-corrected chi connectivity index (χ3v) is 6.43. The predicted octanol–water partition coefficient (Wildman–Crippen LogP) is 4.67. The molecule has 4 nitrogen and oxygen atoms in total. The minimum absolute atomic E-state index is 0.155. The van der Waals surface area contributed by atoms with Crippen LogP contribution in [0.1, 0.15) is 50.7 Å². The molecule has 0 aliphatic heterocycles. The first-order valence-electron chi connectivity index (χ1n) is 8.55. The van der Waals surface area contributed by atoms with Crippen LogP contribution in [-0.4, -0.2) is 14.3 Å². The van der Waals surface area contributed by atoms with Gasteiger partial charge in [-0.2, -0.15) is 0 Å². The Labute approximate surface area is 154 Å². The summed E-state index contributed by atoms with van der Waals surface area (Å²) in [6.45, 7) is 5.23. The Morgan fingerprint density at radius 1 is 1.16 bits per heavy atom. The van der Waals surface area contributed by atoms with E-state index >= 15 is 0 Å². The minimum Gasteiger partial charge on any atom is -0.274 e. The quantitative estimate of drug-likeness (QED) is 0.678. The highest BCUT2D eigenvalue weighted by atomic mass is 32.2. The second kappa shape index (κ2) is 8.63. The van der Waals surface area contributed by atoms with E-state index < -0.39 is 15.9 Å². The summed E-state index contributed by atoms with van der Waals surface area (Å²) in [5.41, 5.74) is 2.72. The number of carbonyl (C=O) groups excluding carboxylic acids is 1. The number of unbranched alkanes of at least 4 members (excludes halogenated alkanes) is 3. The zero-order valence-electron chi connectivity index (χ0n) is 15.0. The number of hydrogen-bond acceptors (Lipinski definition) is 4. The van der Waals surface area contributed by atoms with Crippen LogP contribution in [0.15, 0.2) is 34.5 Å². The van der Waals surface area contributed by atoms with Crippen LogP contribution in [0.3, 0.4) is 0 Å². The summed E-state index contributed by atoms with van der Waals surface area (Å²) in [4.78, 5) is 12.3. The van der Waals surface area contributed by atoms with Gasteiger partial charge in [-0.1, -0.05) is 38.3 Å². The summed E-state index contributed by atoms with van der Waals surface area (Å²) in [6.07, 6.45) is 5.83. The third kappa shape index (κ3) is 5.41. The first-order valence-corrected chi connectivity index (χ1v) is 10.9. The Hall–Kier alpha value is -1.66. The Balaban J connectivity index is 2.31. The van der Waals surface area contributed by atoms with Gasteiger partial charge in [0.15, 0.2) is 0 Å². The number of hydrogen-bond donors (Lipinski definition) is 1. The van der Waals surface area contributed by atoms with Crippen molar-refractivity contribution in [1.82, 2.24) is 4.72 Å². The maximum absolute atomic E-state index is 12.5. The maximum Gasteiger partial charge on any atom is 0.264 e. The van der Waals surface area contributed by atoms with Gasteiger partial charge in [0, 0.05) is 17.4 Å². The molecule has 2 aromatic rings. The number of nitrogens with one attached hydrogen (secondary N) is 1. The fraction of sp³-hybridized carbons (Fsp3) is 0.421. The number of carbonyl (C=O) groups is 1. The van der Waals surface area contributed by atoms with Crippen molar-refractivity contribution in [2.75, 3.05) is 0 Å². The molecule has 1 N–H and O–H groups in total. The number of rotatable bonds is 8. The van der Waals surface area contributed by atoms with E-state index in [1.807, 2.05) is 19.1 Å². The second-order valence-corrected chi connectivity index (χ2v) is 8.85. The van der Waals surface area contributed by atoms with Crippen molar-refractivity contribution >= 4 is 27.3 Å². The average Bonchev–Trinajstić information content (AvgIpc) is 2.99. The van der Waals surface area contributed by atoms with Crippen LogP contribution < -0.4 is 4.72 Å². The molecule has 6 heteroatoms. The first kappa shape index (κ1) is 19.7. The molecule has 0 aliphatic rings. The van der Waals surface area contributed by atoms with Crippen LogP contribution in [0.25, 0.3) is 10.4 Å². The van der Waals surface area contributed by atoms with E-state index in [0.717, 1.165) is 23.3 Å². The molecule has 1 aromatic heterocycles. The topological polar surface area (TPSA) is 63.2 Å². The highest BCUT2D eigenvalue weighted by Crippen LogP contribution is 2.33. The Kier molecular flexibility index (Phi) is 6.79. The van der Waals surface area contributed by atoms with Gasteiger partial charge in [0.25, 0.3) is 10.0 Å². The fourth-order valence-electron chi connectivity index (χ4n) is 2.70. The summed E-state index contributed by atoms with van der Waals surface area (Å²) < 4.78 is 27.1. The van der Waals surface area contributed by atoms with E-state index in [0.29, 0.717) is 5.56 Å². The van der Waals surface area contributed by atoms with Crippen LogP contribution in [0.4, 0.5) is 0 Å². The Bertz CT molecular complexity index is 838. The molecule has 136 valence electrons. The number of benzene rings is 1. The smallest absolute Gasteiger partial charge is 0.264 e. The molecule has 0 bridgehead atoms. The second-order valence-electron chi connectivity index (χ2n) is 6.29. The van der Waals surface area contributed by atoms with Gasteiger partial charge in [-0.25, -0.2) is 13.1 Å². The molecular formula is C19H25NO3S2. The van der Waals surface area contributed by atoms with Gasteiger partial charge in [0.05, 0.1) is 4.90 Å². The standard InChI is InChI=1S/C19H25NO3S2/c1-4-5-6-7-8-16-12-18(24-13-16)17-10-9-14(2)11-19(17)25(22,23)20-15(3)21/h9-13H,4-8H2,1-3H3,(H,20,21). The van der Waals surface area contributed by atoms with Crippen LogP contribution in [0.2, 0.25) is 0 Å². The fourth-order valence-corrected chi connectivity index (χ4v) is 5.05. The molecule has 0 atom stereocenters. The highest BCUT2D eigenvalue weighted by Gasteiger charge is 2.21. The molecule has 1 amide bonds. The van der Waals surface area contributed by atoms with Crippen molar-refractivity contribution in [3.8, 4) is 10.4 Å². The van der Waals surface area contributed by atoms with E-state index in [1.165, 1.54) is 31.7 Å². The number of sulfonamides is 1. The van der Waals surface area contributed by atoms with E-state index in [2.05, 4.69) is 23.1 Å². The average molecular weight is 380 g/mol. The van der Waals surface area contributed by atoms with Gasteiger partial charge in [-0.05, 0) is 48.4 Å². The Morgan fingerprint density at radius 2 is 1.92 bits per heavy atom. The summed E-state index contributed by atoms with van der Waals surface area (Å²) in [6, 6.07) is 7.38. The van der Waals surface area contributed by atoms with Gasteiger partial charge >= 0.3 is 0 Å². The summed E-state index contributed by atoms with van der Waals surface area (Å²) >= 11 is 1.54. The van der Waals surface area contributed by atoms with Crippen LogP contribution in [0.5, 0.6) is 0 Å². The Morgan fingerprint density at radius 3 is 2.60 bits per heavy atom. The molecule has 0 unspecified atom stereocenters. The van der Waals surface area contributed by atoms with Crippen molar-refractivity contribution in [1.29, 1.82) is 0 Å². The predicted molar refractivity (Wildman–Crippen MR) is 103 cm³/mol. The molecule has 0 radical (unpaired) electrons. The lowest BCUT2D eigenvalue weighted by atomic mass is 10.1. The summed E-state index contributed by atoms with van der Waals surface area (Å²) in [5, 5.41) is 2.09. The van der Waals surface area contributed by atoms with E-state index in [9.17, 15) is 13.2 Å². The van der Waals surface area contributed by atoms with E-state index in [1.54, 1.807) is 17.4 Å². The minimum atomic E-state index is -3.87. The summed E-state index contributed by atoms with van der Waals surface area (Å²) in [7, 11) is -3.87. The maximum atomic E-state index is 12.5. The number of thiophene rings is 1. The molecule has 0 saturated carbocycles. The lowest BCUT2D eigenvalue weighted by molar-refractivity contribution is -0.117. The molecule has 0 spiro atoms. The summed E-state index contributed by atoms with van der Waals surface area (Å²) in [5.74, 6) is -0.588. The van der Waals surface area contributed by atoms with Crippen molar-refractivity contribution in [3.63, 3.8) is 0 Å². The largest absolute Gasteiger partial charge is 0.274 e. The molecular weight excluding hydrogens is 354 g/mol. The van der Waals surface area contributed by atoms with Crippen molar-refractivity contribution in [3.05, 3.63) is 40.8 Å². The molecule has 25 heavy (non-hydrogen) atoms. The van der Waals surface area contributed by atoms with Crippen LogP contribution in [-0.2, 0) is 21.2 Å². The van der Waals surface area contributed by atoms with Gasteiger partial charge in [0.2, 0.25) is 5.91 Å². The highest BCUT2D eigenvalue weighted by molar-refractivity contribution is 7.90. The molecule has 0 aliphatic carbocycles. The van der Waals surface area contributed by atoms with Gasteiger partial charge in [-0.3, -0.25) is 4.79 Å². The third-order valence-electron chi connectivity index (χ3n) is 3.94. The van der Waals surface area contributed by atoms with E-state index in [-0.39, 0.29) is 4.90 Å². The number of amides is 1. The lowest BCUT2D eigenvalue weighted by Crippen LogP contribution is -2.28.